The predicted molar refractivity (Wildman–Crippen MR) is 72.9 cm³/mol. The van der Waals surface area contributed by atoms with E-state index in [0.29, 0.717) is 5.88 Å². The van der Waals surface area contributed by atoms with E-state index in [2.05, 4.69) is 23.3 Å². The van der Waals surface area contributed by atoms with E-state index >= 15 is 0 Å². The van der Waals surface area contributed by atoms with Gasteiger partial charge < -0.3 is 10.1 Å². The molecule has 2 rings (SSSR count). The number of para-hydroxylation sites is 1. The van der Waals surface area contributed by atoms with E-state index < -0.39 is 0 Å². The second kappa shape index (κ2) is 6.17. The van der Waals surface area contributed by atoms with Crippen molar-refractivity contribution in [3.8, 4) is 11.6 Å². The number of aromatic nitrogens is 1. The number of nitrogens with one attached hydrogen (secondary N) is 1. The topological polar surface area (TPSA) is 34.1 Å². The van der Waals surface area contributed by atoms with E-state index in [-0.39, 0.29) is 0 Å². The number of hydrogen-bond donors (Lipinski definition) is 1. The van der Waals surface area contributed by atoms with Gasteiger partial charge in [-0.3, -0.25) is 0 Å². The van der Waals surface area contributed by atoms with Crippen LogP contribution in [0.2, 0.25) is 0 Å². The predicted octanol–water partition coefficient (Wildman–Crippen LogP) is 3.16. The van der Waals surface area contributed by atoms with E-state index in [9.17, 15) is 0 Å². The Balaban J connectivity index is 2.28. The van der Waals surface area contributed by atoms with Gasteiger partial charge in [-0.25, -0.2) is 4.98 Å². The van der Waals surface area contributed by atoms with Gasteiger partial charge in [-0.15, -0.1) is 0 Å². The van der Waals surface area contributed by atoms with Gasteiger partial charge in [-0.2, -0.15) is 0 Å². The normalized spacial score (nSPS) is 10.3. The maximum absolute atomic E-state index is 5.93. The molecule has 0 spiro atoms. The van der Waals surface area contributed by atoms with Gasteiger partial charge in [0.2, 0.25) is 5.88 Å². The first kappa shape index (κ1) is 12.6. The largest absolute Gasteiger partial charge is 0.438 e. The van der Waals surface area contributed by atoms with Crippen molar-refractivity contribution >= 4 is 0 Å². The fourth-order valence-electron chi connectivity index (χ4n) is 1.84. The number of nitrogens with zero attached hydrogens (tertiary/aromatic N) is 1. The van der Waals surface area contributed by atoms with E-state index in [1.54, 1.807) is 6.20 Å². The second-order valence-electron chi connectivity index (χ2n) is 4.06. The Bertz CT molecular complexity index is 511. The molecule has 1 aromatic carbocycles. The summed E-state index contributed by atoms with van der Waals surface area (Å²) in [5.41, 5.74) is 2.25. The molecule has 0 aliphatic heterocycles. The van der Waals surface area contributed by atoms with Crippen molar-refractivity contribution in [3.05, 3.63) is 53.7 Å². The van der Waals surface area contributed by atoms with Crippen LogP contribution < -0.4 is 10.1 Å². The Morgan fingerprint density at radius 1 is 1.11 bits per heavy atom. The highest BCUT2D eigenvalue weighted by Crippen LogP contribution is 2.26. The van der Waals surface area contributed by atoms with Crippen LogP contribution in [0.3, 0.4) is 0 Å². The molecule has 1 N–H and O–H groups in total. The monoisotopic (exact) mass is 242 g/mol. The molecule has 1 aromatic heterocycles. The van der Waals surface area contributed by atoms with Crippen LogP contribution in [0.25, 0.3) is 0 Å². The van der Waals surface area contributed by atoms with Crippen molar-refractivity contribution in [1.82, 2.24) is 10.3 Å². The van der Waals surface area contributed by atoms with Crippen molar-refractivity contribution in [3.63, 3.8) is 0 Å². The minimum Gasteiger partial charge on any atom is -0.438 e. The van der Waals surface area contributed by atoms with Crippen LogP contribution >= 0.6 is 0 Å². The third-order valence-electron chi connectivity index (χ3n) is 2.78. The number of hydrogen-bond acceptors (Lipinski definition) is 3. The lowest BCUT2D eigenvalue weighted by atomic mass is 10.1. The second-order valence-corrected chi connectivity index (χ2v) is 4.06. The summed E-state index contributed by atoms with van der Waals surface area (Å²) in [6.07, 6.45) is 2.70. The summed E-state index contributed by atoms with van der Waals surface area (Å²) in [4.78, 5) is 4.31. The first-order chi connectivity index (χ1) is 8.85. The zero-order valence-corrected chi connectivity index (χ0v) is 10.8. The highest BCUT2D eigenvalue weighted by Gasteiger charge is 2.07. The van der Waals surface area contributed by atoms with Crippen molar-refractivity contribution in [2.24, 2.45) is 0 Å². The van der Waals surface area contributed by atoms with Crippen LogP contribution in [0.4, 0.5) is 0 Å². The summed E-state index contributed by atoms with van der Waals surface area (Å²) in [6, 6.07) is 12.0. The summed E-state index contributed by atoms with van der Waals surface area (Å²) in [5, 5.41) is 3.12. The van der Waals surface area contributed by atoms with E-state index in [0.717, 1.165) is 24.3 Å². The molecule has 0 atom stereocenters. The molecule has 0 aliphatic carbocycles. The number of benzene rings is 1. The van der Waals surface area contributed by atoms with Crippen molar-refractivity contribution in [1.29, 1.82) is 0 Å². The number of pyridine rings is 1. The highest BCUT2D eigenvalue weighted by molar-refractivity contribution is 5.38. The Morgan fingerprint density at radius 3 is 2.67 bits per heavy atom. The minimum atomic E-state index is 0.674. The molecule has 2 aromatic rings. The van der Waals surface area contributed by atoms with Gasteiger partial charge >= 0.3 is 0 Å². The molecule has 0 amide bonds. The molecule has 3 nitrogen and oxygen atoms in total. The van der Waals surface area contributed by atoms with E-state index in [1.807, 2.05) is 37.4 Å². The van der Waals surface area contributed by atoms with Crippen LogP contribution in [0, 0.1) is 0 Å². The molecule has 1 heterocycles. The Labute approximate surface area is 108 Å². The highest BCUT2D eigenvalue weighted by atomic mass is 16.5. The minimum absolute atomic E-state index is 0.674. The van der Waals surface area contributed by atoms with Crippen LogP contribution in [0.1, 0.15) is 18.1 Å². The number of aryl methyl sites for hydroxylation is 1. The number of rotatable bonds is 5. The SMILES string of the molecule is CCc1ccccc1Oc1ncccc1CNC. The molecule has 0 radical (unpaired) electrons. The quantitative estimate of drug-likeness (QED) is 0.874. The molecule has 94 valence electrons. The molecule has 18 heavy (non-hydrogen) atoms. The molecule has 3 heteroatoms. The van der Waals surface area contributed by atoms with Crippen molar-refractivity contribution in [2.45, 2.75) is 19.9 Å². The lowest BCUT2D eigenvalue weighted by Gasteiger charge is -2.12. The van der Waals surface area contributed by atoms with Crippen molar-refractivity contribution in [2.75, 3.05) is 7.05 Å². The molecular weight excluding hydrogens is 224 g/mol. The molecular formula is C15H18N2O. The van der Waals surface area contributed by atoms with E-state index in [1.165, 1.54) is 5.56 Å². The molecule has 0 saturated heterocycles. The van der Waals surface area contributed by atoms with Crippen LogP contribution in [-0.4, -0.2) is 12.0 Å². The number of ether oxygens (including phenoxy) is 1. The zero-order valence-electron chi connectivity index (χ0n) is 10.8. The summed E-state index contributed by atoms with van der Waals surface area (Å²) >= 11 is 0. The Morgan fingerprint density at radius 2 is 1.89 bits per heavy atom. The van der Waals surface area contributed by atoms with Crippen LogP contribution in [0.5, 0.6) is 11.6 Å². The average molecular weight is 242 g/mol. The summed E-state index contributed by atoms with van der Waals surface area (Å²) < 4.78 is 5.93. The van der Waals surface area contributed by atoms with Crippen LogP contribution in [0.15, 0.2) is 42.6 Å². The zero-order chi connectivity index (χ0) is 12.8. The molecule has 0 unspecified atom stereocenters. The molecule has 0 aliphatic rings. The van der Waals surface area contributed by atoms with Gasteiger partial charge in [-0.1, -0.05) is 31.2 Å². The molecule has 0 bridgehead atoms. The molecule has 0 fully saturated rings. The van der Waals surface area contributed by atoms with Gasteiger partial charge in [0.05, 0.1) is 0 Å². The van der Waals surface area contributed by atoms with Gasteiger partial charge in [0.1, 0.15) is 5.75 Å². The fourth-order valence-corrected chi connectivity index (χ4v) is 1.84. The van der Waals surface area contributed by atoms with Gasteiger partial charge in [-0.05, 0) is 31.2 Å². The van der Waals surface area contributed by atoms with Gasteiger partial charge in [0.15, 0.2) is 0 Å². The van der Waals surface area contributed by atoms with Crippen molar-refractivity contribution < 1.29 is 4.74 Å². The summed E-state index contributed by atoms with van der Waals surface area (Å²) in [6.45, 7) is 2.87. The smallest absolute Gasteiger partial charge is 0.223 e. The van der Waals surface area contributed by atoms with E-state index in [4.69, 9.17) is 4.74 Å². The lowest BCUT2D eigenvalue weighted by Crippen LogP contribution is -2.07. The van der Waals surface area contributed by atoms with Crippen LogP contribution in [-0.2, 0) is 13.0 Å². The maximum atomic E-state index is 5.93. The Kier molecular flexibility index (Phi) is 4.31. The third-order valence-corrected chi connectivity index (χ3v) is 2.78. The maximum Gasteiger partial charge on any atom is 0.223 e. The van der Waals surface area contributed by atoms with Gasteiger partial charge in [0, 0.05) is 18.3 Å². The lowest BCUT2D eigenvalue weighted by molar-refractivity contribution is 0.449. The third kappa shape index (κ3) is 2.87. The summed E-state index contributed by atoms with van der Waals surface area (Å²) in [5.74, 6) is 1.56. The standard InChI is InChI=1S/C15H18N2O/c1-3-12-7-4-5-9-14(12)18-15-13(11-16-2)8-6-10-17-15/h4-10,16H,3,11H2,1-2H3. The first-order valence-electron chi connectivity index (χ1n) is 6.19. The van der Waals surface area contributed by atoms with Gasteiger partial charge in [0.25, 0.3) is 0 Å². The Hall–Kier alpha value is -1.87. The first-order valence-corrected chi connectivity index (χ1v) is 6.19. The fraction of sp³-hybridized carbons (Fsp3) is 0.267. The summed E-state index contributed by atoms with van der Waals surface area (Å²) in [7, 11) is 1.91. The average Bonchev–Trinajstić information content (AvgIpc) is 2.42. The molecule has 0 saturated carbocycles.